The van der Waals surface area contributed by atoms with Gasteiger partial charge < -0.3 is 14.8 Å². The highest BCUT2D eigenvalue weighted by Crippen LogP contribution is 2.23. The van der Waals surface area contributed by atoms with Crippen molar-refractivity contribution >= 4 is 22.5 Å². The second-order valence-corrected chi connectivity index (χ2v) is 6.33. The van der Waals surface area contributed by atoms with E-state index in [1.165, 1.54) is 0 Å². The van der Waals surface area contributed by atoms with E-state index in [9.17, 15) is 4.79 Å². The fraction of sp³-hybridized carbons (Fsp3) is 0.238. The molecule has 0 unspecified atom stereocenters. The molecule has 0 spiro atoms. The van der Waals surface area contributed by atoms with E-state index in [4.69, 9.17) is 9.47 Å². The van der Waals surface area contributed by atoms with E-state index >= 15 is 0 Å². The molecule has 0 atom stereocenters. The Balaban J connectivity index is 1.82. The van der Waals surface area contributed by atoms with Gasteiger partial charge in [0, 0.05) is 17.1 Å². The number of benzene rings is 2. The average molecular weight is 350 g/mol. The Morgan fingerprint density at radius 1 is 1.04 bits per heavy atom. The van der Waals surface area contributed by atoms with Gasteiger partial charge in [-0.25, -0.2) is 0 Å². The van der Waals surface area contributed by atoms with E-state index in [1.807, 2.05) is 69.3 Å². The molecule has 3 rings (SSSR count). The third-order valence-electron chi connectivity index (χ3n) is 3.94. The summed E-state index contributed by atoms with van der Waals surface area (Å²) in [4.78, 5) is 17.2. The first-order chi connectivity index (χ1) is 12.5. The molecule has 2 aromatic carbocycles. The highest BCUT2D eigenvalue weighted by atomic mass is 16.5. The van der Waals surface area contributed by atoms with E-state index < -0.39 is 0 Å². The van der Waals surface area contributed by atoms with Gasteiger partial charge in [-0.1, -0.05) is 0 Å². The normalized spacial score (nSPS) is 10.8. The van der Waals surface area contributed by atoms with Crippen LogP contribution in [-0.4, -0.2) is 24.1 Å². The maximum Gasteiger partial charge on any atom is 0.257 e. The predicted octanol–water partition coefficient (Wildman–Crippen LogP) is 4.59. The smallest absolute Gasteiger partial charge is 0.257 e. The molecule has 134 valence electrons. The summed E-state index contributed by atoms with van der Waals surface area (Å²) in [6.45, 7) is 5.77. The summed E-state index contributed by atoms with van der Waals surface area (Å²) in [6, 6.07) is 14.8. The second kappa shape index (κ2) is 7.44. The SMILES string of the molecule is COc1ccc2cc(C(=O)Nc3ccc(OC(C)C)cc3)c(C)nc2c1. The third-order valence-corrected chi connectivity index (χ3v) is 3.94. The van der Waals surface area contributed by atoms with Crippen LogP contribution in [0.2, 0.25) is 0 Å². The van der Waals surface area contributed by atoms with E-state index in [0.29, 0.717) is 16.9 Å². The van der Waals surface area contributed by atoms with Crippen molar-refractivity contribution in [3.05, 3.63) is 59.8 Å². The first kappa shape index (κ1) is 17.7. The van der Waals surface area contributed by atoms with Crippen LogP contribution in [0.5, 0.6) is 11.5 Å². The molecule has 5 heteroatoms. The van der Waals surface area contributed by atoms with E-state index in [0.717, 1.165) is 22.4 Å². The van der Waals surface area contributed by atoms with Crippen molar-refractivity contribution in [1.82, 2.24) is 4.98 Å². The number of nitrogens with one attached hydrogen (secondary N) is 1. The van der Waals surface area contributed by atoms with Crippen LogP contribution in [0.3, 0.4) is 0 Å². The van der Waals surface area contributed by atoms with Gasteiger partial charge in [0.2, 0.25) is 0 Å². The van der Waals surface area contributed by atoms with Crippen LogP contribution in [0.25, 0.3) is 10.9 Å². The Bertz CT molecular complexity index is 934. The zero-order valence-corrected chi connectivity index (χ0v) is 15.4. The van der Waals surface area contributed by atoms with Gasteiger partial charge >= 0.3 is 0 Å². The minimum atomic E-state index is -0.190. The highest BCUT2D eigenvalue weighted by molar-refractivity contribution is 6.06. The molecular weight excluding hydrogens is 328 g/mol. The molecule has 0 radical (unpaired) electrons. The summed E-state index contributed by atoms with van der Waals surface area (Å²) in [5.74, 6) is 1.33. The predicted molar refractivity (Wildman–Crippen MR) is 103 cm³/mol. The number of fused-ring (bicyclic) bond motifs is 1. The Labute approximate surface area is 153 Å². The first-order valence-electron chi connectivity index (χ1n) is 8.49. The Hall–Kier alpha value is -3.08. The maximum atomic E-state index is 12.7. The molecular formula is C21H22N2O3. The Morgan fingerprint density at radius 2 is 1.73 bits per heavy atom. The molecule has 1 N–H and O–H groups in total. The number of hydrogen-bond acceptors (Lipinski definition) is 4. The minimum Gasteiger partial charge on any atom is -0.497 e. The molecule has 1 heterocycles. The Kier molecular flexibility index (Phi) is 5.07. The van der Waals surface area contributed by atoms with Crippen molar-refractivity contribution in [1.29, 1.82) is 0 Å². The number of rotatable bonds is 5. The van der Waals surface area contributed by atoms with Gasteiger partial charge in [0.15, 0.2) is 0 Å². The zero-order chi connectivity index (χ0) is 18.7. The van der Waals surface area contributed by atoms with Gasteiger partial charge in [0.05, 0.1) is 30.0 Å². The van der Waals surface area contributed by atoms with E-state index in [2.05, 4.69) is 10.3 Å². The van der Waals surface area contributed by atoms with E-state index in [-0.39, 0.29) is 12.0 Å². The molecule has 1 amide bonds. The van der Waals surface area contributed by atoms with Gasteiger partial charge in [-0.05, 0) is 63.2 Å². The number of hydrogen-bond donors (Lipinski definition) is 1. The average Bonchev–Trinajstić information content (AvgIpc) is 2.61. The van der Waals surface area contributed by atoms with Gasteiger partial charge in [-0.2, -0.15) is 0 Å². The lowest BCUT2D eigenvalue weighted by Gasteiger charge is -2.12. The second-order valence-electron chi connectivity index (χ2n) is 6.33. The number of pyridine rings is 1. The lowest BCUT2D eigenvalue weighted by atomic mass is 10.1. The first-order valence-corrected chi connectivity index (χ1v) is 8.49. The van der Waals surface area contributed by atoms with Gasteiger partial charge in [0.1, 0.15) is 11.5 Å². The topological polar surface area (TPSA) is 60.5 Å². The fourth-order valence-electron chi connectivity index (χ4n) is 2.69. The number of nitrogens with zero attached hydrogens (tertiary/aromatic N) is 1. The number of ether oxygens (including phenoxy) is 2. The molecule has 0 saturated heterocycles. The van der Waals surface area contributed by atoms with Gasteiger partial charge in [-0.15, -0.1) is 0 Å². The van der Waals surface area contributed by atoms with Crippen LogP contribution in [-0.2, 0) is 0 Å². The number of aryl methyl sites for hydroxylation is 1. The number of methoxy groups -OCH3 is 1. The minimum absolute atomic E-state index is 0.111. The van der Waals surface area contributed by atoms with Gasteiger partial charge in [-0.3, -0.25) is 9.78 Å². The van der Waals surface area contributed by atoms with Crippen LogP contribution in [0.4, 0.5) is 5.69 Å². The highest BCUT2D eigenvalue weighted by Gasteiger charge is 2.12. The summed E-state index contributed by atoms with van der Waals surface area (Å²) in [7, 11) is 1.62. The zero-order valence-electron chi connectivity index (χ0n) is 15.4. The Morgan fingerprint density at radius 3 is 2.38 bits per heavy atom. The quantitative estimate of drug-likeness (QED) is 0.731. The number of carbonyl (C=O) groups excluding carboxylic acids is 1. The van der Waals surface area contributed by atoms with E-state index in [1.54, 1.807) is 7.11 Å². The van der Waals surface area contributed by atoms with Gasteiger partial charge in [0.25, 0.3) is 5.91 Å². The standard InChI is InChI=1S/C21H22N2O3/c1-13(2)26-17-9-6-16(7-10-17)23-21(24)19-11-15-5-8-18(25-4)12-20(15)22-14(19)3/h5-13H,1-4H3,(H,23,24). The summed E-state index contributed by atoms with van der Waals surface area (Å²) >= 11 is 0. The monoisotopic (exact) mass is 350 g/mol. The molecule has 0 aliphatic rings. The van der Waals surface area contributed by atoms with Crippen molar-refractivity contribution < 1.29 is 14.3 Å². The molecule has 1 aromatic heterocycles. The van der Waals surface area contributed by atoms with Crippen molar-refractivity contribution in [2.45, 2.75) is 26.9 Å². The molecule has 3 aromatic rings. The van der Waals surface area contributed by atoms with Crippen molar-refractivity contribution in [2.75, 3.05) is 12.4 Å². The molecule has 0 aliphatic heterocycles. The van der Waals surface area contributed by atoms with Crippen LogP contribution in [0, 0.1) is 6.92 Å². The number of carbonyl (C=O) groups is 1. The lowest BCUT2D eigenvalue weighted by molar-refractivity contribution is 0.102. The lowest BCUT2D eigenvalue weighted by Crippen LogP contribution is -2.14. The number of amides is 1. The van der Waals surface area contributed by atoms with Crippen LogP contribution in [0.1, 0.15) is 29.9 Å². The maximum absolute atomic E-state index is 12.7. The third kappa shape index (κ3) is 3.94. The molecule has 5 nitrogen and oxygen atoms in total. The number of anilines is 1. The summed E-state index contributed by atoms with van der Waals surface area (Å²) in [5, 5.41) is 3.80. The van der Waals surface area contributed by atoms with Crippen molar-refractivity contribution in [3.8, 4) is 11.5 Å². The summed E-state index contributed by atoms with van der Waals surface area (Å²) < 4.78 is 10.8. The van der Waals surface area contributed by atoms with Crippen molar-refractivity contribution in [3.63, 3.8) is 0 Å². The summed E-state index contributed by atoms with van der Waals surface area (Å²) in [6.07, 6.45) is 0.111. The van der Waals surface area contributed by atoms with Crippen LogP contribution >= 0.6 is 0 Å². The molecule has 0 bridgehead atoms. The molecule has 0 fully saturated rings. The molecule has 0 saturated carbocycles. The van der Waals surface area contributed by atoms with Crippen LogP contribution < -0.4 is 14.8 Å². The van der Waals surface area contributed by atoms with Crippen molar-refractivity contribution in [2.24, 2.45) is 0 Å². The largest absolute Gasteiger partial charge is 0.497 e. The summed E-state index contributed by atoms with van der Waals surface area (Å²) in [5.41, 5.74) is 2.72. The molecule has 0 aliphatic carbocycles. The molecule has 26 heavy (non-hydrogen) atoms. The fourth-order valence-corrected chi connectivity index (χ4v) is 2.69. The number of aromatic nitrogens is 1. The van der Waals surface area contributed by atoms with Crippen LogP contribution in [0.15, 0.2) is 48.5 Å².